The van der Waals surface area contributed by atoms with Gasteiger partial charge >= 0.3 is 12.2 Å². The summed E-state index contributed by atoms with van der Waals surface area (Å²) in [6.45, 7) is 3.62. The number of likely N-dealkylation sites (tertiary alicyclic amines) is 3. The summed E-state index contributed by atoms with van der Waals surface area (Å²) >= 11 is 0. The number of hydrogen-bond acceptors (Lipinski definition) is 4. The zero-order chi connectivity index (χ0) is 23.3. The van der Waals surface area contributed by atoms with Gasteiger partial charge in [-0.2, -0.15) is 13.2 Å². The van der Waals surface area contributed by atoms with E-state index in [1.54, 1.807) is 9.80 Å². The average Bonchev–Trinajstić information content (AvgIpc) is 2.63. The van der Waals surface area contributed by atoms with Crippen LogP contribution in [-0.2, 0) is 22.7 Å². The van der Waals surface area contributed by atoms with Gasteiger partial charge in [0, 0.05) is 51.4 Å². The molecule has 3 aliphatic heterocycles. The van der Waals surface area contributed by atoms with Gasteiger partial charge in [0.1, 0.15) is 5.82 Å². The number of urea groups is 1. The topological polar surface area (TPSA) is 73.0 Å². The molecule has 0 unspecified atom stereocenters. The Morgan fingerprint density at radius 3 is 2.31 bits per heavy atom. The van der Waals surface area contributed by atoms with E-state index in [-0.39, 0.29) is 29.6 Å². The van der Waals surface area contributed by atoms with Crippen LogP contribution in [0.2, 0.25) is 0 Å². The van der Waals surface area contributed by atoms with Crippen LogP contribution >= 0.6 is 0 Å². The number of nitrogens with one attached hydrogen (secondary N) is 1. The minimum absolute atomic E-state index is 0.0501. The number of carbonyl (C=O) groups is 1. The first-order chi connectivity index (χ1) is 14.8. The Kier molecular flexibility index (Phi) is 5.91. The number of rotatable bonds is 4. The van der Waals surface area contributed by atoms with Gasteiger partial charge in [-0.15, -0.1) is 0 Å². The smallest absolute Gasteiger partial charge is 0.325 e. The maximum Gasteiger partial charge on any atom is 0.416 e. The molecule has 1 aromatic rings. The summed E-state index contributed by atoms with van der Waals surface area (Å²) in [5.74, 6) is -0.848. The van der Waals surface area contributed by atoms with Gasteiger partial charge in [-0.3, -0.25) is 4.90 Å². The van der Waals surface area contributed by atoms with Crippen molar-refractivity contribution in [2.45, 2.75) is 31.6 Å². The molecule has 0 aliphatic carbocycles. The second-order valence-corrected chi connectivity index (χ2v) is 11.0. The first-order valence-electron chi connectivity index (χ1n) is 10.4. The van der Waals surface area contributed by atoms with Crippen LogP contribution in [0.1, 0.15) is 24.0 Å². The maximum absolute atomic E-state index is 14.1. The second-order valence-electron chi connectivity index (χ2n) is 9.21. The standard InChI is InChI=1S/C20H26F4N4O3S/c1-32(30,31)25-16-10-28(11-16)18(29)27-6-4-19(5-7-27)12-26(13-19)9-14-2-3-15(8-17(14)21)20(22,23)24/h2-3,8,16,25H,4-7,9-13H2,1H3. The first-order valence-corrected chi connectivity index (χ1v) is 12.3. The summed E-state index contributed by atoms with van der Waals surface area (Å²) in [6, 6.07) is 2.32. The van der Waals surface area contributed by atoms with Gasteiger partial charge in [0.05, 0.1) is 17.9 Å². The second kappa shape index (κ2) is 8.14. The number of piperidine rings is 1. The molecule has 178 valence electrons. The third-order valence-corrected chi connectivity index (χ3v) is 7.28. The van der Waals surface area contributed by atoms with Crippen molar-refractivity contribution in [3.63, 3.8) is 0 Å². The fraction of sp³-hybridized carbons (Fsp3) is 0.650. The van der Waals surface area contributed by atoms with Gasteiger partial charge in [0.15, 0.2) is 0 Å². The molecule has 0 aromatic heterocycles. The molecule has 3 heterocycles. The number of amides is 2. The highest BCUT2D eigenvalue weighted by Gasteiger charge is 2.46. The molecule has 32 heavy (non-hydrogen) atoms. The van der Waals surface area contributed by atoms with E-state index in [2.05, 4.69) is 4.72 Å². The molecule has 12 heteroatoms. The van der Waals surface area contributed by atoms with Crippen LogP contribution in [0.4, 0.5) is 22.4 Å². The number of hydrogen-bond donors (Lipinski definition) is 1. The van der Waals surface area contributed by atoms with E-state index < -0.39 is 27.6 Å². The van der Waals surface area contributed by atoms with Gasteiger partial charge in [0.2, 0.25) is 10.0 Å². The maximum atomic E-state index is 14.1. The van der Waals surface area contributed by atoms with E-state index in [4.69, 9.17) is 0 Å². The van der Waals surface area contributed by atoms with Gasteiger partial charge in [0.25, 0.3) is 0 Å². The van der Waals surface area contributed by atoms with Crippen molar-refractivity contribution in [2.75, 3.05) is 45.5 Å². The molecule has 0 bridgehead atoms. The number of halogens is 4. The van der Waals surface area contributed by atoms with E-state index in [9.17, 15) is 30.8 Å². The molecule has 3 fully saturated rings. The molecule has 4 rings (SSSR count). The highest BCUT2D eigenvalue weighted by Crippen LogP contribution is 2.41. The monoisotopic (exact) mass is 478 g/mol. The predicted molar refractivity (Wildman–Crippen MR) is 109 cm³/mol. The van der Waals surface area contributed by atoms with Crippen LogP contribution in [0.15, 0.2) is 18.2 Å². The van der Waals surface area contributed by atoms with Crippen molar-refractivity contribution in [1.82, 2.24) is 19.4 Å². The lowest BCUT2D eigenvalue weighted by molar-refractivity contribution is -0.137. The molecular formula is C20H26F4N4O3S. The van der Waals surface area contributed by atoms with Crippen molar-refractivity contribution >= 4 is 16.1 Å². The van der Waals surface area contributed by atoms with Crippen molar-refractivity contribution in [1.29, 1.82) is 0 Å². The zero-order valence-electron chi connectivity index (χ0n) is 17.7. The van der Waals surface area contributed by atoms with Crippen LogP contribution in [0.5, 0.6) is 0 Å². The Labute approximate surface area is 184 Å². The third kappa shape index (κ3) is 5.01. The number of nitrogens with zero attached hydrogens (tertiary/aromatic N) is 3. The van der Waals surface area contributed by atoms with Gasteiger partial charge in [-0.05, 0) is 30.4 Å². The highest BCUT2D eigenvalue weighted by molar-refractivity contribution is 7.88. The molecule has 1 spiro atoms. The first kappa shape index (κ1) is 23.2. The average molecular weight is 479 g/mol. The fourth-order valence-electron chi connectivity index (χ4n) is 4.81. The molecule has 0 radical (unpaired) electrons. The van der Waals surface area contributed by atoms with E-state index in [1.807, 2.05) is 4.90 Å². The summed E-state index contributed by atoms with van der Waals surface area (Å²) in [6.07, 6.45) is -1.85. The van der Waals surface area contributed by atoms with E-state index in [0.29, 0.717) is 32.2 Å². The minimum Gasteiger partial charge on any atom is -0.325 e. The van der Waals surface area contributed by atoms with Crippen LogP contribution in [0, 0.1) is 11.2 Å². The molecular weight excluding hydrogens is 452 g/mol. The Morgan fingerprint density at radius 1 is 1.16 bits per heavy atom. The lowest BCUT2D eigenvalue weighted by Gasteiger charge is -2.55. The normalized spacial score (nSPS) is 22.0. The third-order valence-electron chi connectivity index (χ3n) is 6.52. The fourth-order valence-corrected chi connectivity index (χ4v) is 5.56. The van der Waals surface area contributed by atoms with Gasteiger partial charge < -0.3 is 9.80 Å². The molecule has 3 saturated heterocycles. The van der Waals surface area contributed by atoms with Crippen LogP contribution in [0.3, 0.4) is 0 Å². The summed E-state index contributed by atoms with van der Waals surface area (Å²) in [4.78, 5) is 18.0. The largest absolute Gasteiger partial charge is 0.416 e. The van der Waals surface area contributed by atoms with Gasteiger partial charge in [-0.1, -0.05) is 6.07 Å². The molecule has 3 aliphatic rings. The highest BCUT2D eigenvalue weighted by atomic mass is 32.2. The SMILES string of the molecule is CS(=O)(=O)NC1CN(C(=O)N2CCC3(CC2)CN(Cc2ccc(C(F)(F)F)cc2F)C3)C1. The van der Waals surface area contributed by atoms with E-state index >= 15 is 0 Å². The van der Waals surface area contributed by atoms with Crippen molar-refractivity contribution in [2.24, 2.45) is 5.41 Å². The zero-order valence-corrected chi connectivity index (χ0v) is 18.5. The minimum atomic E-state index is -4.56. The van der Waals surface area contributed by atoms with Crippen LogP contribution in [-0.4, -0.2) is 80.7 Å². The van der Waals surface area contributed by atoms with Crippen molar-refractivity contribution < 1.29 is 30.8 Å². The molecule has 1 aromatic carbocycles. The summed E-state index contributed by atoms with van der Waals surface area (Å²) in [5, 5.41) is 0. The lowest BCUT2D eigenvalue weighted by Crippen LogP contribution is -2.65. The van der Waals surface area contributed by atoms with Crippen molar-refractivity contribution in [3.05, 3.63) is 35.1 Å². The summed E-state index contributed by atoms with van der Waals surface area (Å²) in [5.41, 5.74) is -0.693. The molecule has 0 saturated carbocycles. The Morgan fingerprint density at radius 2 is 1.78 bits per heavy atom. The lowest BCUT2D eigenvalue weighted by atomic mass is 9.72. The van der Waals surface area contributed by atoms with Gasteiger partial charge in [-0.25, -0.2) is 22.3 Å². The van der Waals surface area contributed by atoms with E-state index in [0.717, 1.165) is 38.3 Å². The molecule has 0 atom stereocenters. The number of carbonyl (C=O) groups excluding carboxylic acids is 1. The molecule has 1 N–H and O–H groups in total. The van der Waals surface area contributed by atoms with Crippen LogP contribution in [0.25, 0.3) is 0 Å². The van der Waals surface area contributed by atoms with Crippen molar-refractivity contribution in [3.8, 4) is 0 Å². The molecule has 2 amide bonds. The summed E-state index contributed by atoms with van der Waals surface area (Å²) < 4.78 is 77.1. The summed E-state index contributed by atoms with van der Waals surface area (Å²) in [7, 11) is -3.29. The number of sulfonamides is 1. The number of alkyl halides is 3. The molecule has 7 nitrogen and oxygen atoms in total. The predicted octanol–water partition coefficient (Wildman–Crippen LogP) is 2.10. The number of benzene rings is 1. The van der Waals surface area contributed by atoms with E-state index in [1.165, 1.54) is 6.07 Å². The Hall–Kier alpha value is -1.92. The Balaban J connectivity index is 1.22. The Bertz CT molecular complexity index is 979. The quantitative estimate of drug-likeness (QED) is 0.673. The van der Waals surface area contributed by atoms with Crippen LogP contribution < -0.4 is 4.72 Å².